The number of rotatable bonds is 4. The molecule has 1 aromatic rings. The highest BCUT2D eigenvalue weighted by Gasteiger charge is 2.43. The zero-order chi connectivity index (χ0) is 19.1. The monoisotopic (exact) mass is 384 g/mol. The third kappa shape index (κ3) is 4.31. The molecule has 0 amide bonds. The molecule has 0 aromatic heterocycles. The average Bonchev–Trinajstić information content (AvgIpc) is 3.35. The Kier molecular flexibility index (Phi) is 5.22. The van der Waals surface area contributed by atoms with Gasteiger partial charge >= 0.3 is 12.4 Å². The van der Waals surface area contributed by atoms with E-state index >= 15 is 0 Å². The first kappa shape index (κ1) is 19.4. The summed E-state index contributed by atoms with van der Waals surface area (Å²) < 4.78 is 93.8. The average molecular weight is 384 g/mol. The van der Waals surface area contributed by atoms with Crippen LogP contribution < -0.4 is 5.32 Å². The summed E-state index contributed by atoms with van der Waals surface area (Å²) in [5.41, 5.74) is -3.79. The minimum atomic E-state index is -5.06. The van der Waals surface area contributed by atoms with Gasteiger partial charge in [-0.1, -0.05) is 12.8 Å². The summed E-state index contributed by atoms with van der Waals surface area (Å²) in [5.74, 6) is -1.24. The van der Waals surface area contributed by atoms with Gasteiger partial charge in [-0.15, -0.1) is 0 Å². The summed E-state index contributed by atoms with van der Waals surface area (Å²) in [6.07, 6.45) is -8.07. The zero-order valence-corrected chi connectivity index (χ0v) is 13.9. The van der Waals surface area contributed by atoms with E-state index in [2.05, 4.69) is 5.32 Å². The van der Waals surface area contributed by atoms with Crippen molar-refractivity contribution in [2.45, 2.75) is 37.7 Å². The zero-order valence-electron chi connectivity index (χ0n) is 13.9. The Hall–Kier alpha value is -1.35. The van der Waals surface area contributed by atoms with E-state index in [1.54, 1.807) is 4.90 Å². The normalized spacial score (nSPS) is 21.0. The number of hydrogen-bond donors (Lipinski definition) is 1. The van der Waals surface area contributed by atoms with Crippen LogP contribution in [0.2, 0.25) is 0 Å². The van der Waals surface area contributed by atoms with E-state index in [0.717, 1.165) is 12.8 Å². The molecule has 1 aromatic carbocycles. The summed E-state index contributed by atoms with van der Waals surface area (Å²) in [4.78, 5) is 1.75. The molecule has 146 valence electrons. The van der Waals surface area contributed by atoms with Gasteiger partial charge in [0.2, 0.25) is 0 Å². The minimum absolute atomic E-state index is 0.0422. The second-order valence-electron chi connectivity index (χ2n) is 6.90. The summed E-state index contributed by atoms with van der Waals surface area (Å²) >= 11 is 0. The van der Waals surface area contributed by atoms with Gasteiger partial charge in [0, 0.05) is 37.8 Å². The standard InChI is InChI=1S/C17H19F7N2/c18-13-9-11(16(19,20)21)8-12(17(22,23)24)15(13)14(7-10-1-2-10)26-5-3-25-4-6-26/h8-10,14,25H,1-7H2/t14-/m1/s1. The van der Waals surface area contributed by atoms with Crippen LogP contribution in [0.4, 0.5) is 30.7 Å². The molecule has 0 unspecified atom stereocenters. The fourth-order valence-electron chi connectivity index (χ4n) is 3.47. The summed E-state index contributed by atoms with van der Waals surface area (Å²) in [6.45, 7) is 1.94. The highest BCUT2D eigenvalue weighted by Crippen LogP contribution is 2.46. The summed E-state index contributed by atoms with van der Waals surface area (Å²) in [6, 6.07) is -0.642. The van der Waals surface area contributed by atoms with E-state index in [1.165, 1.54) is 0 Å². The van der Waals surface area contributed by atoms with Gasteiger partial charge in [-0.25, -0.2) is 4.39 Å². The fraction of sp³-hybridized carbons (Fsp3) is 0.647. The first-order chi connectivity index (χ1) is 12.1. The maximum atomic E-state index is 14.6. The van der Waals surface area contributed by atoms with Gasteiger partial charge in [0.15, 0.2) is 0 Å². The molecular formula is C17H19F7N2. The van der Waals surface area contributed by atoms with Crippen LogP contribution >= 0.6 is 0 Å². The van der Waals surface area contributed by atoms with Crippen molar-refractivity contribution in [1.29, 1.82) is 0 Å². The molecule has 2 aliphatic rings. The Balaban J connectivity index is 2.09. The van der Waals surface area contributed by atoms with Gasteiger partial charge in [0.1, 0.15) is 5.82 Å². The maximum absolute atomic E-state index is 14.6. The number of alkyl halides is 6. The molecule has 1 saturated heterocycles. The fourth-order valence-corrected chi connectivity index (χ4v) is 3.47. The van der Waals surface area contributed by atoms with E-state index in [0.29, 0.717) is 32.6 Å². The molecule has 2 fully saturated rings. The molecule has 1 N–H and O–H groups in total. The molecule has 1 atom stereocenters. The van der Waals surface area contributed by atoms with E-state index in [1.807, 2.05) is 0 Å². The Morgan fingerprint density at radius 1 is 1.00 bits per heavy atom. The van der Waals surface area contributed by atoms with E-state index in [9.17, 15) is 30.7 Å². The Morgan fingerprint density at radius 3 is 2.12 bits per heavy atom. The van der Waals surface area contributed by atoms with E-state index < -0.39 is 40.9 Å². The minimum Gasteiger partial charge on any atom is -0.314 e. The number of benzene rings is 1. The van der Waals surface area contributed by atoms with Crippen LogP contribution in [0.15, 0.2) is 12.1 Å². The number of piperazine rings is 1. The lowest BCUT2D eigenvalue weighted by Gasteiger charge is -2.37. The van der Waals surface area contributed by atoms with Gasteiger partial charge < -0.3 is 5.32 Å². The molecule has 1 aliphatic heterocycles. The van der Waals surface area contributed by atoms with Crippen molar-refractivity contribution in [3.63, 3.8) is 0 Å². The summed E-state index contributed by atoms with van der Waals surface area (Å²) in [7, 11) is 0. The molecule has 26 heavy (non-hydrogen) atoms. The van der Waals surface area contributed by atoms with Crippen LogP contribution in [0.1, 0.15) is 42.0 Å². The van der Waals surface area contributed by atoms with Crippen LogP contribution in [0, 0.1) is 11.7 Å². The third-order valence-electron chi connectivity index (χ3n) is 4.94. The lowest BCUT2D eigenvalue weighted by atomic mass is 9.91. The quantitative estimate of drug-likeness (QED) is 0.763. The molecule has 0 spiro atoms. The molecule has 1 aliphatic carbocycles. The first-order valence-corrected chi connectivity index (χ1v) is 8.50. The predicted molar refractivity (Wildman–Crippen MR) is 80.9 cm³/mol. The number of hydrogen-bond acceptors (Lipinski definition) is 2. The number of nitrogens with one attached hydrogen (secondary N) is 1. The van der Waals surface area contributed by atoms with Crippen molar-refractivity contribution in [3.05, 3.63) is 34.6 Å². The third-order valence-corrected chi connectivity index (χ3v) is 4.94. The number of halogens is 7. The highest BCUT2D eigenvalue weighted by molar-refractivity contribution is 5.39. The molecule has 0 radical (unpaired) electrons. The highest BCUT2D eigenvalue weighted by atomic mass is 19.4. The van der Waals surface area contributed by atoms with Gasteiger partial charge in [-0.05, 0) is 24.5 Å². The van der Waals surface area contributed by atoms with Crippen molar-refractivity contribution in [2.24, 2.45) is 5.92 Å². The largest absolute Gasteiger partial charge is 0.416 e. The Labute approximate surface area is 146 Å². The topological polar surface area (TPSA) is 15.3 Å². The second-order valence-corrected chi connectivity index (χ2v) is 6.90. The van der Waals surface area contributed by atoms with Crippen LogP contribution in [0.5, 0.6) is 0 Å². The first-order valence-electron chi connectivity index (χ1n) is 8.50. The Morgan fingerprint density at radius 2 is 1.62 bits per heavy atom. The van der Waals surface area contributed by atoms with Crippen LogP contribution in [-0.4, -0.2) is 31.1 Å². The van der Waals surface area contributed by atoms with Crippen molar-refractivity contribution < 1.29 is 30.7 Å². The molecule has 3 rings (SSSR count). The maximum Gasteiger partial charge on any atom is 0.416 e. The van der Waals surface area contributed by atoms with Crippen molar-refractivity contribution in [2.75, 3.05) is 26.2 Å². The van der Waals surface area contributed by atoms with Gasteiger partial charge in [-0.2, -0.15) is 26.3 Å². The van der Waals surface area contributed by atoms with Crippen molar-refractivity contribution in [3.8, 4) is 0 Å². The predicted octanol–water partition coefficient (Wildman–Crippen LogP) is 4.61. The van der Waals surface area contributed by atoms with Gasteiger partial charge in [0.05, 0.1) is 11.1 Å². The molecule has 9 heteroatoms. The van der Waals surface area contributed by atoms with Crippen LogP contribution in [0.25, 0.3) is 0 Å². The molecule has 0 bridgehead atoms. The van der Waals surface area contributed by atoms with Crippen molar-refractivity contribution >= 4 is 0 Å². The number of nitrogens with zero attached hydrogens (tertiary/aromatic N) is 1. The van der Waals surface area contributed by atoms with E-state index in [4.69, 9.17) is 0 Å². The van der Waals surface area contributed by atoms with Crippen molar-refractivity contribution in [1.82, 2.24) is 10.2 Å². The lowest BCUT2D eigenvalue weighted by molar-refractivity contribution is -0.144. The molecular weight excluding hydrogens is 365 g/mol. The van der Waals surface area contributed by atoms with Gasteiger partial charge in [0.25, 0.3) is 0 Å². The summed E-state index contributed by atoms with van der Waals surface area (Å²) in [5, 5.41) is 3.07. The molecule has 1 heterocycles. The smallest absolute Gasteiger partial charge is 0.314 e. The molecule has 1 saturated carbocycles. The Bertz CT molecular complexity index is 644. The second kappa shape index (κ2) is 6.99. The SMILES string of the molecule is Fc1cc(C(F)(F)F)cc(C(F)(F)F)c1[C@@H](CC1CC1)N1CCNCC1. The van der Waals surface area contributed by atoms with E-state index in [-0.39, 0.29) is 18.1 Å². The molecule has 2 nitrogen and oxygen atoms in total. The van der Waals surface area contributed by atoms with Crippen LogP contribution in [-0.2, 0) is 12.4 Å². The lowest BCUT2D eigenvalue weighted by Crippen LogP contribution is -2.45. The van der Waals surface area contributed by atoms with Crippen LogP contribution in [0.3, 0.4) is 0 Å². The van der Waals surface area contributed by atoms with Gasteiger partial charge in [-0.3, -0.25) is 4.90 Å².